The van der Waals surface area contributed by atoms with Gasteiger partial charge in [-0.15, -0.1) is 0 Å². The minimum atomic E-state index is -0.234. The normalized spacial score (nSPS) is 13.5. The van der Waals surface area contributed by atoms with Crippen molar-refractivity contribution >= 4 is 16.6 Å². The van der Waals surface area contributed by atoms with Gasteiger partial charge in [0.15, 0.2) is 0 Å². The molecule has 0 bridgehead atoms. The van der Waals surface area contributed by atoms with Gasteiger partial charge in [-0.25, -0.2) is 0 Å². The van der Waals surface area contributed by atoms with Gasteiger partial charge in [0.25, 0.3) is 0 Å². The molecule has 35 heavy (non-hydrogen) atoms. The molecular weight excluding hydrogens is 456 g/mol. The van der Waals surface area contributed by atoms with Crippen molar-refractivity contribution in [3.8, 4) is 17.2 Å². The SMILES string of the molecule is COc1ccc(C(Cl)=CC(c2cccc(OC)c2)c2cc(C(C)(C)C)c(O)c(C(C)(C)C)c2)cc1. The number of hydrogen-bond acceptors (Lipinski definition) is 3. The van der Waals surface area contributed by atoms with E-state index in [2.05, 4.69) is 65.8 Å². The molecule has 4 heteroatoms. The van der Waals surface area contributed by atoms with E-state index in [0.717, 1.165) is 39.3 Å². The van der Waals surface area contributed by atoms with Gasteiger partial charge in [0.1, 0.15) is 17.2 Å². The van der Waals surface area contributed by atoms with Crippen molar-refractivity contribution < 1.29 is 14.6 Å². The van der Waals surface area contributed by atoms with Crippen molar-refractivity contribution in [1.82, 2.24) is 0 Å². The topological polar surface area (TPSA) is 38.7 Å². The van der Waals surface area contributed by atoms with Crippen LogP contribution in [-0.2, 0) is 10.8 Å². The molecule has 1 atom stereocenters. The average Bonchev–Trinajstić information content (AvgIpc) is 2.81. The van der Waals surface area contributed by atoms with Crippen LogP contribution in [0.3, 0.4) is 0 Å². The number of hydrogen-bond donors (Lipinski definition) is 1. The Bertz CT molecular complexity index is 1160. The Kier molecular flexibility index (Phi) is 7.91. The van der Waals surface area contributed by atoms with Crippen molar-refractivity contribution in [3.63, 3.8) is 0 Å². The molecule has 0 radical (unpaired) electrons. The van der Waals surface area contributed by atoms with Crippen LogP contribution in [0.1, 0.15) is 75.3 Å². The Morgan fingerprint density at radius 2 is 1.31 bits per heavy atom. The minimum absolute atomic E-state index is 0.150. The van der Waals surface area contributed by atoms with Gasteiger partial charge in [-0.2, -0.15) is 0 Å². The predicted octanol–water partition coefficient (Wildman–Crippen LogP) is 8.42. The van der Waals surface area contributed by atoms with Crippen molar-refractivity contribution in [1.29, 1.82) is 0 Å². The summed E-state index contributed by atoms with van der Waals surface area (Å²) in [4.78, 5) is 0. The molecule has 3 rings (SSSR count). The lowest BCUT2D eigenvalue weighted by Gasteiger charge is -2.29. The highest BCUT2D eigenvalue weighted by Crippen LogP contribution is 2.43. The molecule has 0 aromatic heterocycles. The van der Waals surface area contributed by atoms with Crippen LogP contribution in [0.4, 0.5) is 0 Å². The van der Waals surface area contributed by atoms with Gasteiger partial charge in [-0.05, 0) is 75.0 Å². The Hall–Kier alpha value is -2.91. The molecule has 0 amide bonds. The highest BCUT2D eigenvalue weighted by molar-refractivity contribution is 6.48. The second-order valence-corrected chi connectivity index (χ2v) is 11.4. The lowest BCUT2D eigenvalue weighted by molar-refractivity contribution is 0.414. The number of methoxy groups -OCH3 is 2. The summed E-state index contributed by atoms with van der Waals surface area (Å²) in [6.07, 6.45) is 2.07. The molecule has 1 unspecified atom stereocenters. The Balaban J connectivity index is 2.27. The molecule has 0 aliphatic heterocycles. The Morgan fingerprint density at radius 3 is 1.80 bits per heavy atom. The fraction of sp³-hybridized carbons (Fsp3) is 0.355. The molecule has 0 aliphatic carbocycles. The van der Waals surface area contributed by atoms with Crippen LogP contribution in [0.25, 0.3) is 5.03 Å². The number of rotatable bonds is 6. The summed E-state index contributed by atoms with van der Waals surface area (Å²) in [5.41, 5.74) is 4.40. The molecule has 0 fully saturated rings. The standard InChI is InChI=1S/C31H37ClO3/c1-30(2,3)26-17-22(18-27(29(26)33)31(4,5)6)25(21-10-9-11-24(16-21)35-8)19-28(32)20-12-14-23(34-7)15-13-20/h9-19,25,33H,1-8H3. The molecule has 186 valence electrons. The summed E-state index contributed by atoms with van der Waals surface area (Å²) in [5, 5.41) is 11.9. The first kappa shape index (κ1) is 26.7. The van der Waals surface area contributed by atoms with Gasteiger partial charge < -0.3 is 14.6 Å². The first-order chi connectivity index (χ1) is 16.3. The second kappa shape index (κ2) is 10.4. The maximum atomic E-state index is 11.3. The molecule has 0 heterocycles. The van der Waals surface area contributed by atoms with E-state index in [-0.39, 0.29) is 16.7 Å². The monoisotopic (exact) mass is 492 g/mol. The Labute approximate surface area is 215 Å². The van der Waals surface area contributed by atoms with E-state index in [0.29, 0.717) is 10.8 Å². The van der Waals surface area contributed by atoms with Crippen LogP contribution in [0.5, 0.6) is 17.2 Å². The fourth-order valence-corrected chi connectivity index (χ4v) is 4.44. The number of aromatic hydroxyl groups is 1. The Morgan fingerprint density at radius 1 is 0.771 bits per heavy atom. The summed E-state index contributed by atoms with van der Waals surface area (Å²) in [7, 11) is 3.32. The maximum absolute atomic E-state index is 11.3. The van der Waals surface area contributed by atoms with E-state index in [1.54, 1.807) is 14.2 Å². The van der Waals surface area contributed by atoms with Crippen molar-refractivity contribution in [2.75, 3.05) is 14.2 Å². The zero-order valence-electron chi connectivity index (χ0n) is 22.1. The molecule has 0 aliphatic rings. The van der Waals surface area contributed by atoms with Crippen LogP contribution >= 0.6 is 11.6 Å². The van der Waals surface area contributed by atoms with Crippen molar-refractivity contribution in [2.45, 2.75) is 58.3 Å². The van der Waals surface area contributed by atoms with E-state index in [1.165, 1.54) is 0 Å². The highest BCUT2D eigenvalue weighted by Gasteiger charge is 2.28. The fourth-order valence-electron chi connectivity index (χ4n) is 4.19. The number of benzene rings is 3. The largest absolute Gasteiger partial charge is 0.507 e. The van der Waals surface area contributed by atoms with Crippen LogP contribution in [0.15, 0.2) is 66.7 Å². The minimum Gasteiger partial charge on any atom is -0.507 e. The van der Waals surface area contributed by atoms with Crippen molar-refractivity contribution in [2.24, 2.45) is 0 Å². The lowest BCUT2D eigenvalue weighted by atomic mass is 9.76. The molecule has 3 nitrogen and oxygen atoms in total. The third kappa shape index (κ3) is 6.21. The number of halogens is 1. The molecule has 0 saturated carbocycles. The molecule has 3 aromatic rings. The lowest BCUT2D eigenvalue weighted by Crippen LogP contribution is -2.18. The average molecular weight is 493 g/mol. The number of phenolic OH excluding ortho intramolecular Hbond substituents is 1. The van der Waals surface area contributed by atoms with Gasteiger partial charge in [0, 0.05) is 11.0 Å². The van der Waals surface area contributed by atoms with E-state index in [4.69, 9.17) is 21.1 Å². The third-order valence-corrected chi connectivity index (χ3v) is 6.58. The maximum Gasteiger partial charge on any atom is 0.123 e. The summed E-state index contributed by atoms with van der Waals surface area (Å²) in [6.45, 7) is 12.7. The quantitative estimate of drug-likeness (QED) is 0.375. The molecule has 0 saturated heterocycles. The van der Waals surface area contributed by atoms with Gasteiger partial charge in [-0.3, -0.25) is 0 Å². The van der Waals surface area contributed by atoms with Gasteiger partial charge in [0.2, 0.25) is 0 Å². The van der Waals surface area contributed by atoms with Crippen LogP contribution in [-0.4, -0.2) is 19.3 Å². The smallest absolute Gasteiger partial charge is 0.123 e. The molecule has 1 N–H and O–H groups in total. The molecule has 3 aromatic carbocycles. The van der Waals surface area contributed by atoms with E-state index >= 15 is 0 Å². The molecular formula is C31H37ClO3. The zero-order chi connectivity index (χ0) is 26.0. The van der Waals surface area contributed by atoms with Gasteiger partial charge in [-0.1, -0.05) is 83.5 Å². The first-order valence-electron chi connectivity index (χ1n) is 11.9. The number of phenols is 1. The first-order valence-corrected chi connectivity index (χ1v) is 12.3. The summed E-state index contributed by atoms with van der Waals surface area (Å²) in [6, 6.07) is 20.0. The highest BCUT2D eigenvalue weighted by atomic mass is 35.5. The second-order valence-electron chi connectivity index (χ2n) is 11.0. The summed E-state index contributed by atoms with van der Waals surface area (Å²) in [5.74, 6) is 1.78. The molecule has 0 spiro atoms. The summed E-state index contributed by atoms with van der Waals surface area (Å²) >= 11 is 6.90. The number of allylic oxidation sites excluding steroid dienone is 1. The zero-order valence-corrected chi connectivity index (χ0v) is 22.8. The van der Waals surface area contributed by atoms with Crippen molar-refractivity contribution in [3.05, 3.63) is 94.6 Å². The number of ether oxygens (including phenoxy) is 2. The predicted molar refractivity (Wildman–Crippen MR) is 147 cm³/mol. The van der Waals surface area contributed by atoms with Crippen LogP contribution < -0.4 is 9.47 Å². The van der Waals surface area contributed by atoms with Crippen LogP contribution in [0.2, 0.25) is 0 Å². The van der Waals surface area contributed by atoms with Crippen LogP contribution in [0, 0.1) is 0 Å². The van der Waals surface area contributed by atoms with E-state index in [1.807, 2.05) is 42.5 Å². The van der Waals surface area contributed by atoms with E-state index < -0.39 is 0 Å². The third-order valence-electron chi connectivity index (χ3n) is 6.24. The van der Waals surface area contributed by atoms with E-state index in [9.17, 15) is 5.11 Å². The summed E-state index contributed by atoms with van der Waals surface area (Å²) < 4.78 is 10.8. The van der Waals surface area contributed by atoms with Gasteiger partial charge in [0.05, 0.1) is 14.2 Å². The van der Waals surface area contributed by atoms with Gasteiger partial charge >= 0.3 is 0 Å².